The van der Waals surface area contributed by atoms with Crippen molar-refractivity contribution in [3.8, 4) is 17.3 Å². The molecular weight excluding hydrogens is 239 g/mol. The van der Waals surface area contributed by atoms with E-state index < -0.39 is 0 Å². The molecule has 0 saturated carbocycles. The van der Waals surface area contributed by atoms with Crippen molar-refractivity contribution in [1.82, 2.24) is 4.98 Å². The molecule has 0 unspecified atom stereocenters. The van der Waals surface area contributed by atoms with Gasteiger partial charge in [0.15, 0.2) is 0 Å². The molecule has 17 heavy (non-hydrogen) atoms. The van der Waals surface area contributed by atoms with Gasteiger partial charge in [0, 0.05) is 5.56 Å². The summed E-state index contributed by atoms with van der Waals surface area (Å²) < 4.78 is 13.6. The Balaban J connectivity index is 2.66. The summed E-state index contributed by atoms with van der Waals surface area (Å²) in [5, 5.41) is 9.11. The van der Waals surface area contributed by atoms with Crippen LogP contribution >= 0.6 is 11.6 Å². The maximum Gasteiger partial charge on any atom is 0.132 e. The van der Waals surface area contributed by atoms with Gasteiger partial charge in [0.05, 0.1) is 22.0 Å². The third-order valence-electron chi connectivity index (χ3n) is 2.42. The highest BCUT2D eigenvalue weighted by atomic mass is 35.5. The highest BCUT2D eigenvalue weighted by Crippen LogP contribution is 2.29. The molecule has 0 radical (unpaired) electrons. The Bertz CT molecular complexity index is 617. The quantitative estimate of drug-likeness (QED) is 0.769. The van der Waals surface area contributed by atoms with Gasteiger partial charge in [-0.25, -0.2) is 4.39 Å². The van der Waals surface area contributed by atoms with Crippen LogP contribution in [0.1, 0.15) is 11.3 Å². The van der Waals surface area contributed by atoms with Crippen LogP contribution in [-0.4, -0.2) is 4.98 Å². The van der Waals surface area contributed by atoms with E-state index in [-0.39, 0.29) is 10.8 Å². The molecular formula is C13H8ClFN2. The summed E-state index contributed by atoms with van der Waals surface area (Å²) in [5.74, 6) is -0.383. The highest BCUT2D eigenvalue weighted by Gasteiger charge is 2.12. The number of halogens is 2. The fraction of sp³-hybridized carbons (Fsp3) is 0.0769. The Labute approximate surface area is 103 Å². The molecule has 0 fully saturated rings. The zero-order chi connectivity index (χ0) is 12.4. The Hall–Kier alpha value is -1.92. The van der Waals surface area contributed by atoms with E-state index in [1.807, 2.05) is 6.07 Å². The zero-order valence-electron chi connectivity index (χ0n) is 9.04. The number of nitriles is 1. The zero-order valence-corrected chi connectivity index (χ0v) is 9.79. The van der Waals surface area contributed by atoms with Crippen molar-refractivity contribution >= 4 is 11.6 Å². The summed E-state index contributed by atoms with van der Waals surface area (Å²) in [5.41, 5.74) is 1.64. The van der Waals surface area contributed by atoms with Crippen LogP contribution in [0.15, 0.2) is 30.3 Å². The first-order chi connectivity index (χ1) is 8.13. The number of benzene rings is 1. The van der Waals surface area contributed by atoms with Crippen molar-refractivity contribution in [2.45, 2.75) is 6.92 Å². The molecule has 2 nitrogen and oxygen atoms in total. The molecule has 1 heterocycles. The summed E-state index contributed by atoms with van der Waals surface area (Å²) >= 11 is 6.01. The van der Waals surface area contributed by atoms with Gasteiger partial charge in [-0.2, -0.15) is 5.26 Å². The van der Waals surface area contributed by atoms with Crippen LogP contribution in [0.5, 0.6) is 0 Å². The van der Waals surface area contributed by atoms with Crippen molar-refractivity contribution in [2.24, 2.45) is 0 Å². The number of pyridine rings is 1. The predicted octanol–water partition coefficient (Wildman–Crippen LogP) is 3.72. The number of hydrogen-bond donors (Lipinski definition) is 0. The lowest BCUT2D eigenvalue weighted by molar-refractivity contribution is 0.630. The molecule has 2 rings (SSSR count). The molecule has 0 atom stereocenters. The van der Waals surface area contributed by atoms with Gasteiger partial charge in [0.2, 0.25) is 0 Å². The van der Waals surface area contributed by atoms with Gasteiger partial charge in [-0.05, 0) is 25.1 Å². The van der Waals surface area contributed by atoms with Crippen LogP contribution in [0.3, 0.4) is 0 Å². The summed E-state index contributed by atoms with van der Waals surface area (Å²) in [6, 6.07) is 9.76. The minimum Gasteiger partial charge on any atom is -0.250 e. The molecule has 1 aromatic carbocycles. The van der Waals surface area contributed by atoms with Crippen LogP contribution in [0.4, 0.5) is 4.39 Å². The van der Waals surface area contributed by atoms with Gasteiger partial charge < -0.3 is 0 Å². The van der Waals surface area contributed by atoms with Gasteiger partial charge in [0.1, 0.15) is 11.9 Å². The average Bonchev–Trinajstić information content (AvgIpc) is 2.32. The molecule has 0 amide bonds. The van der Waals surface area contributed by atoms with Gasteiger partial charge in [0.25, 0.3) is 0 Å². The smallest absolute Gasteiger partial charge is 0.132 e. The lowest BCUT2D eigenvalue weighted by Crippen LogP contribution is -1.94. The van der Waals surface area contributed by atoms with Crippen LogP contribution < -0.4 is 0 Å². The van der Waals surface area contributed by atoms with E-state index in [2.05, 4.69) is 4.98 Å². The van der Waals surface area contributed by atoms with Gasteiger partial charge >= 0.3 is 0 Å². The minimum absolute atomic E-state index is 0.275. The molecule has 2 aromatic rings. The first kappa shape index (κ1) is 11.6. The first-order valence-corrected chi connectivity index (χ1v) is 5.33. The second-order valence-electron chi connectivity index (χ2n) is 3.54. The summed E-state index contributed by atoms with van der Waals surface area (Å²) in [6.45, 7) is 1.69. The monoisotopic (exact) mass is 246 g/mol. The molecule has 0 aliphatic rings. The largest absolute Gasteiger partial charge is 0.250 e. The topological polar surface area (TPSA) is 36.7 Å². The molecule has 0 N–H and O–H groups in total. The van der Waals surface area contributed by atoms with E-state index in [4.69, 9.17) is 16.9 Å². The van der Waals surface area contributed by atoms with E-state index in [0.29, 0.717) is 22.5 Å². The molecule has 0 aliphatic heterocycles. The number of hydrogen-bond acceptors (Lipinski definition) is 2. The Morgan fingerprint density at radius 2 is 2.06 bits per heavy atom. The Kier molecular flexibility index (Phi) is 3.08. The average molecular weight is 247 g/mol. The molecule has 0 bridgehead atoms. The second kappa shape index (κ2) is 4.52. The van der Waals surface area contributed by atoms with E-state index in [0.717, 1.165) is 0 Å². The number of aromatic nitrogens is 1. The van der Waals surface area contributed by atoms with E-state index in [1.165, 1.54) is 12.1 Å². The second-order valence-corrected chi connectivity index (χ2v) is 3.95. The van der Waals surface area contributed by atoms with Crippen molar-refractivity contribution < 1.29 is 4.39 Å². The molecule has 84 valence electrons. The fourth-order valence-electron chi connectivity index (χ4n) is 1.54. The van der Waals surface area contributed by atoms with Crippen molar-refractivity contribution in [3.05, 3.63) is 52.4 Å². The van der Waals surface area contributed by atoms with Gasteiger partial charge in [-0.3, -0.25) is 4.98 Å². The number of aryl methyl sites for hydroxylation is 1. The normalized spacial score (nSPS) is 10.0. The van der Waals surface area contributed by atoms with E-state index in [9.17, 15) is 4.39 Å². The molecule has 0 saturated heterocycles. The van der Waals surface area contributed by atoms with Gasteiger partial charge in [-0.1, -0.05) is 23.7 Å². The highest BCUT2D eigenvalue weighted by molar-refractivity contribution is 6.33. The van der Waals surface area contributed by atoms with E-state index >= 15 is 0 Å². The maximum atomic E-state index is 13.6. The Morgan fingerprint density at radius 3 is 2.71 bits per heavy atom. The standard InChI is InChI=1S/C13H8ClFN2/c1-8-9(7-16)6-11(14)13(17-8)10-4-2-3-5-12(10)15/h2-6H,1H3. The lowest BCUT2D eigenvalue weighted by atomic mass is 10.1. The van der Waals surface area contributed by atoms with Crippen LogP contribution in [-0.2, 0) is 0 Å². The first-order valence-electron chi connectivity index (χ1n) is 4.95. The van der Waals surface area contributed by atoms with Crippen molar-refractivity contribution in [1.29, 1.82) is 5.26 Å². The fourth-order valence-corrected chi connectivity index (χ4v) is 1.79. The van der Waals surface area contributed by atoms with Crippen LogP contribution in [0.2, 0.25) is 5.02 Å². The van der Waals surface area contributed by atoms with Crippen molar-refractivity contribution in [3.63, 3.8) is 0 Å². The molecule has 0 aliphatic carbocycles. The Morgan fingerprint density at radius 1 is 1.35 bits per heavy atom. The summed E-state index contributed by atoms with van der Waals surface area (Å²) in [6.07, 6.45) is 0. The summed E-state index contributed by atoms with van der Waals surface area (Å²) in [4.78, 5) is 4.18. The van der Waals surface area contributed by atoms with Gasteiger partial charge in [-0.15, -0.1) is 0 Å². The van der Waals surface area contributed by atoms with Crippen molar-refractivity contribution in [2.75, 3.05) is 0 Å². The minimum atomic E-state index is -0.383. The van der Waals surface area contributed by atoms with Crippen LogP contribution in [0.25, 0.3) is 11.3 Å². The third kappa shape index (κ3) is 2.13. The molecule has 4 heteroatoms. The molecule has 1 aromatic heterocycles. The maximum absolute atomic E-state index is 13.6. The predicted molar refractivity (Wildman–Crippen MR) is 64.1 cm³/mol. The van der Waals surface area contributed by atoms with Crippen LogP contribution in [0, 0.1) is 24.1 Å². The number of nitrogens with zero attached hydrogens (tertiary/aromatic N) is 2. The van der Waals surface area contributed by atoms with E-state index in [1.54, 1.807) is 25.1 Å². The SMILES string of the molecule is Cc1nc(-c2ccccc2F)c(Cl)cc1C#N. The number of rotatable bonds is 1. The summed E-state index contributed by atoms with van der Waals surface area (Å²) in [7, 11) is 0. The lowest BCUT2D eigenvalue weighted by Gasteiger charge is -2.07. The molecule has 0 spiro atoms. The third-order valence-corrected chi connectivity index (χ3v) is 2.70.